The summed E-state index contributed by atoms with van der Waals surface area (Å²) < 4.78 is 34.7. The zero-order chi connectivity index (χ0) is 25.4. The van der Waals surface area contributed by atoms with Gasteiger partial charge in [-0.2, -0.15) is 5.10 Å². The van der Waals surface area contributed by atoms with Crippen LogP contribution in [0.4, 0.5) is 14.5 Å². The molecule has 0 atom stereocenters. The molecule has 37 heavy (non-hydrogen) atoms. The summed E-state index contributed by atoms with van der Waals surface area (Å²) in [5.74, 6) is 1.16. The number of anilines is 1. The lowest BCUT2D eigenvalue weighted by atomic mass is 9.96. The van der Waals surface area contributed by atoms with E-state index in [1.807, 2.05) is 34.2 Å². The number of fused-ring (bicyclic) bond motifs is 1. The van der Waals surface area contributed by atoms with E-state index in [9.17, 15) is 8.78 Å². The molecule has 0 amide bonds. The normalized spacial score (nSPS) is 17.1. The van der Waals surface area contributed by atoms with Gasteiger partial charge in [0.2, 0.25) is 0 Å². The van der Waals surface area contributed by atoms with E-state index >= 15 is 0 Å². The number of pyridine rings is 1. The number of rotatable bonds is 8. The van der Waals surface area contributed by atoms with Crippen molar-refractivity contribution in [1.29, 1.82) is 0 Å². The Bertz CT molecular complexity index is 1370. The summed E-state index contributed by atoms with van der Waals surface area (Å²) in [6.45, 7) is 7.08. The van der Waals surface area contributed by atoms with Crippen LogP contribution in [0.1, 0.15) is 12.0 Å². The highest BCUT2D eigenvalue weighted by Gasteiger charge is 2.28. The molecule has 0 saturated carbocycles. The fourth-order valence-electron chi connectivity index (χ4n) is 5.27. The fraction of sp³-hybridized carbons (Fsp3) is 0.444. The van der Waals surface area contributed by atoms with Crippen LogP contribution in [-0.2, 0) is 11.3 Å². The Morgan fingerprint density at radius 2 is 1.95 bits per heavy atom. The zero-order valence-electron chi connectivity index (χ0n) is 20.9. The predicted molar refractivity (Wildman–Crippen MR) is 138 cm³/mol. The Labute approximate surface area is 214 Å². The van der Waals surface area contributed by atoms with E-state index in [1.54, 1.807) is 0 Å². The van der Waals surface area contributed by atoms with E-state index in [-0.39, 0.29) is 6.54 Å². The number of alkyl halides is 2. The molecule has 0 unspecified atom stereocenters. The number of benzene rings is 1. The molecule has 6 rings (SSSR count). The van der Waals surface area contributed by atoms with Crippen LogP contribution in [0.3, 0.4) is 0 Å². The van der Waals surface area contributed by atoms with Gasteiger partial charge in [-0.1, -0.05) is 23.8 Å². The van der Waals surface area contributed by atoms with Crippen molar-refractivity contribution in [3.05, 3.63) is 54.5 Å². The predicted octanol–water partition coefficient (Wildman–Crippen LogP) is 4.02. The Balaban J connectivity index is 1.30. The van der Waals surface area contributed by atoms with Crippen molar-refractivity contribution in [2.75, 3.05) is 50.8 Å². The number of hydrogen-bond donors (Lipinski definition) is 0. The molecule has 4 aromatic rings. The number of ether oxygens (including phenoxy) is 1. The number of halogens is 2. The second kappa shape index (κ2) is 10.2. The van der Waals surface area contributed by atoms with E-state index in [2.05, 4.69) is 40.7 Å². The maximum absolute atomic E-state index is 12.6. The van der Waals surface area contributed by atoms with E-state index in [0.717, 1.165) is 73.1 Å². The number of morpholine rings is 1. The minimum Gasteiger partial charge on any atom is -0.378 e. The van der Waals surface area contributed by atoms with Gasteiger partial charge in [-0.05, 0) is 31.4 Å². The van der Waals surface area contributed by atoms with Gasteiger partial charge < -0.3 is 14.2 Å². The molecule has 2 saturated heterocycles. The van der Waals surface area contributed by atoms with Gasteiger partial charge in [0.05, 0.1) is 37.5 Å². The topological polar surface area (TPSA) is 64.2 Å². The SMILES string of the molecule is Cc1cccc(-c2ccn(-c3cc(N4CCOCC4)c4ncn(CCC5CN(CC(F)F)C5)c4n3)n2)c1. The molecule has 2 fully saturated rings. The van der Waals surface area contributed by atoms with Gasteiger partial charge >= 0.3 is 0 Å². The standard InChI is InChI=1S/C27H31F2N7O/c1-19-3-2-4-21(13-19)22-6-8-36(32-22)25-14-23(34-9-11-37-12-10-34)26-27(31-25)35(18-30-26)7-5-20-15-33(16-20)17-24(28)29/h2-4,6,8,13-14,18,20,24H,5,7,9-12,15-17H2,1H3. The first-order valence-electron chi connectivity index (χ1n) is 12.9. The van der Waals surface area contributed by atoms with E-state index < -0.39 is 6.43 Å². The van der Waals surface area contributed by atoms with Gasteiger partial charge in [0.15, 0.2) is 11.5 Å². The average Bonchev–Trinajstić information content (AvgIpc) is 3.53. The van der Waals surface area contributed by atoms with E-state index in [1.165, 1.54) is 5.56 Å². The first kappa shape index (κ1) is 24.0. The lowest BCUT2D eigenvalue weighted by molar-refractivity contribution is 0.0213. The highest BCUT2D eigenvalue weighted by molar-refractivity contribution is 5.87. The van der Waals surface area contributed by atoms with Crippen LogP contribution in [0.5, 0.6) is 0 Å². The molecular formula is C27H31F2N7O. The third-order valence-electron chi connectivity index (χ3n) is 7.24. The molecule has 2 aliphatic heterocycles. The van der Waals surface area contributed by atoms with Crippen LogP contribution in [0.15, 0.2) is 48.9 Å². The van der Waals surface area contributed by atoms with Gasteiger partial charge in [0.1, 0.15) is 5.52 Å². The van der Waals surface area contributed by atoms with Crippen molar-refractivity contribution in [3.8, 4) is 17.1 Å². The molecular weight excluding hydrogens is 476 g/mol. The van der Waals surface area contributed by atoms with Crippen molar-refractivity contribution in [2.45, 2.75) is 26.3 Å². The summed E-state index contributed by atoms with van der Waals surface area (Å²) in [5.41, 5.74) is 5.86. The van der Waals surface area contributed by atoms with Gasteiger partial charge in [0, 0.05) is 50.6 Å². The summed E-state index contributed by atoms with van der Waals surface area (Å²) in [6, 6.07) is 12.4. The molecule has 8 nitrogen and oxygen atoms in total. The zero-order valence-corrected chi connectivity index (χ0v) is 20.9. The van der Waals surface area contributed by atoms with Crippen LogP contribution in [0, 0.1) is 12.8 Å². The summed E-state index contributed by atoms with van der Waals surface area (Å²) in [7, 11) is 0. The van der Waals surface area contributed by atoms with Gasteiger partial charge in [0.25, 0.3) is 6.43 Å². The molecule has 0 N–H and O–H groups in total. The van der Waals surface area contributed by atoms with Gasteiger partial charge in [-0.15, -0.1) is 0 Å². The fourth-order valence-corrected chi connectivity index (χ4v) is 5.27. The van der Waals surface area contributed by atoms with Gasteiger partial charge in [-0.3, -0.25) is 4.90 Å². The molecule has 0 bridgehead atoms. The Morgan fingerprint density at radius 3 is 2.73 bits per heavy atom. The minimum atomic E-state index is -2.27. The second-order valence-electron chi connectivity index (χ2n) is 9.99. The van der Waals surface area contributed by atoms with Crippen molar-refractivity contribution in [1.82, 2.24) is 29.2 Å². The average molecular weight is 508 g/mol. The largest absolute Gasteiger partial charge is 0.378 e. The van der Waals surface area contributed by atoms with Crippen molar-refractivity contribution in [3.63, 3.8) is 0 Å². The van der Waals surface area contributed by atoms with E-state index in [0.29, 0.717) is 19.1 Å². The minimum absolute atomic E-state index is 0.132. The number of nitrogens with zero attached hydrogens (tertiary/aromatic N) is 7. The molecule has 0 aliphatic carbocycles. The summed E-state index contributed by atoms with van der Waals surface area (Å²) >= 11 is 0. The van der Waals surface area contributed by atoms with E-state index in [4.69, 9.17) is 19.8 Å². The van der Waals surface area contributed by atoms with Crippen molar-refractivity contribution in [2.24, 2.45) is 5.92 Å². The lowest BCUT2D eigenvalue weighted by Gasteiger charge is -2.39. The third-order valence-corrected chi connectivity index (χ3v) is 7.24. The van der Waals surface area contributed by atoms with Crippen molar-refractivity contribution < 1.29 is 13.5 Å². The first-order chi connectivity index (χ1) is 18.0. The highest BCUT2D eigenvalue weighted by Crippen LogP contribution is 2.30. The Hall–Kier alpha value is -3.37. The molecule has 1 aromatic carbocycles. The molecule has 10 heteroatoms. The number of hydrogen-bond acceptors (Lipinski definition) is 6. The second-order valence-corrected chi connectivity index (χ2v) is 9.99. The molecule has 2 aliphatic rings. The maximum Gasteiger partial charge on any atom is 0.251 e. The Morgan fingerprint density at radius 1 is 1.11 bits per heavy atom. The Kier molecular flexibility index (Phi) is 6.60. The molecule has 0 spiro atoms. The van der Waals surface area contributed by atoms with Crippen LogP contribution in [0.25, 0.3) is 28.2 Å². The number of aryl methyl sites for hydroxylation is 2. The summed E-state index contributed by atoms with van der Waals surface area (Å²) in [5, 5.41) is 4.84. The quantitative estimate of drug-likeness (QED) is 0.359. The molecule has 194 valence electrons. The van der Waals surface area contributed by atoms with Crippen molar-refractivity contribution >= 4 is 16.9 Å². The van der Waals surface area contributed by atoms with Crippen LogP contribution in [0.2, 0.25) is 0 Å². The van der Waals surface area contributed by atoms with Crippen LogP contribution >= 0.6 is 0 Å². The molecule has 5 heterocycles. The number of likely N-dealkylation sites (tertiary alicyclic amines) is 1. The van der Waals surface area contributed by atoms with Crippen LogP contribution in [-0.4, -0.2) is 81.6 Å². The molecule has 3 aromatic heterocycles. The maximum atomic E-state index is 12.6. The van der Waals surface area contributed by atoms with Crippen LogP contribution < -0.4 is 4.90 Å². The summed E-state index contributed by atoms with van der Waals surface area (Å²) in [6.07, 6.45) is 2.43. The van der Waals surface area contributed by atoms with Gasteiger partial charge in [-0.25, -0.2) is 23.4 Å². The smallest absolute Gasteiger partial charge is 0.251 e. The monoisotopic (exact) mass is 507 g/mol. The number of imidazole rings is 1. The first-order valence-corrected chi connectivity index (χ1v) is 12.9. The lowest BCUT2D eigenvalue weighted by Crippen LogP contribution is -2.48. The highest BCUT2D eigenvalue weighted by atomic mass is 19.3. The molecule has 0 radical (unpaired) electrons. The third kappa shape index (κ3) is 5.08. The summed E-state index contributed by atoms with van der Waals surface area (Å²) in [4.78, 5) is 13.9. The number of aromatic nitrogens is 5.